The third-order valence-corrected chi connectivity index (χ3v) is 5.10. The van der Waals surface area contributed by atoms with E-state index in [4.69, 9.17) is 33.0 Å². The van der Waals surface area contributed by atoms with Gasteiger partial charge in [0.15, 0.2) is 10.7 Å². The summed E-state index contributed by atoms with van der Waals surface area (Å²) in [6, 6.07) is 15.2. The highest BCUT2D eigenvalue weighted by Crippen LogP contribution is 2.33. The van der Waals surface area contributed by atoms with Gasteiger partial charge in [-0.1, -0.05) is 17.7 Å². The summed E-state index contributed by atoms with van der Waals surface area (Å²) >= 11 is 11.2. The Morgan fingerprint density at radius 2 is 1.97 bits per heavy atom. The molecule has 0 saturated heterocycles. The largest absolute Gasteiger partial charge is 0.507 e. The minimum atomic E-state index is -0.482. The summed E-state index contributed by atoms with van der Waals surface area (Å²) in [5.41, 5.74) is 3.54. The minimum Gasteiger partial charge on any atom is -0.507 e. The zero-order chi connectivity index (χ0) is 22.8. The van der Waals surface area contributed by atoms with Crippen LogP contribution in [0, 0.1) is 6.92 Å². The van der Waals surface area contributed by atoms with Crippen molar-refractivity contribution in [1.82, 2.24) is 10.3 Å². The van der Waals surface area contributed by atoms with Crippen LogP contribution >= 0.6 is 23.8 Å². The van der Waals surface area contributed by atoms with Gasteiger partial charge >= 0.3 is 0 Å². The van der Waals surface area contributed by atoms with E-state index in [1.807, 2.05) is 25.1 Å². The Hall–Kier alpha value is -3.62. The molecule has 0 aliphatic rings. The number of aromatic hydroxyl groups is 1. The Kier molecular flexibility index (Phi) is 5.98. The summed E-state index contributed by atoms with van der Waals surface area (Å²) in [6.07, 6.45) is 0. The fourth-order valence-corrected chi connectivity index (χ4v) is 3.51. The van der Waals surface area contributed by atoms with Crippen LogP contribution in [0.25, 0.3) is 22.6 Å². The first-order valence-corrected chi connectivity index (χ1v) is 10.3. The molecule has 3 aromatic carbocycles. The van der Waals surface area contributed by atoms with Crippen LogP contribution in [-0.4, -0.2) is 28.2 Å². The highest BCUT2D eigenvalue weighted by atomic mass is 35.5. The van der Waals surface area contributed by atoms with Crippen LogP contribution in [0.4, 0.5) is 5.69 Å². The number of methoxy groups -OCH3 is 1. The first-order valence-electron chi connectivity index (χ1n) is 9.50. The molecule has 7 nitrogen and oxygen atoms in total. The number of amides is 1. The third kappa shape index (κ3) is 4.51. The van der Waals surface area contributed by atoms with Crippen molar-refractivity contribution in [2.75, 3.05) is 12.4 Å². The summed E-state index contributed by atoms with van der Waals surface area (Å²) in [4.78, 5) is 17.0. The molecule has 1 heterocycles. The molecule has 0 radical (unpaired) electrons. The van der Waals surface area contributed by atoms with Gasteiger partial charge in [0.1, 0.15) is 17.0 Å². The lowest BCUT2D eigenvalue weighted by Gasteiger charge is -2.12. The number of nitrogens with zero attached hydrogens (tertiary/aromatic N) is 1. The number of rotatable bonds is 4. The number of nitrogens with one attached hydrogen (secondary N) is 2. The number of aryl methyl sites for hydroxylation is 1. The number of thiocarbonyl (C=S) groups is 1. The van der Waals surface area contributed by atoms with E-state index in [0.717, 1.165) is 5.56 Å². The zero-order valence-corrected chi connectivity index (χ0v) is 18.7. The topological polar surface area (TPSA) is 96.6 Å². The number of carbonyl (C=O) groups is 1. The van der Waals surface area contributed by atoms with Crippen molar-refractivity contribution >= 4 is 51.6 Å². The maximum absolute atomic E-state index is 12.5. The van der Waals surface area contributed by atoms with Crippen LogP contribution in [0.1, 0.15) is 15.9 Å². The number of oxazole rings is 1. The average Bonchev–Trinajstić information content (AvgIpc) is 3.16. The van der Waals surface area contributed by atoms with Crippen LogP contribution in [-0.2, 0) is 0 Å². The Bertz CT molecular complexity index is 1350. The summed E-state index contributed by atoms with van der Waals surface area (Å²) in [7, 11) is 1.46. The predicted molar refractivity (Wildman–Crippen MR) is 128 cm³/mol. The van der Waals surface area contributed by atoms with Gasteiger partial charge in [-0.05, 0) is 67.2 Å². The summed E-state index contributed by atoms with van der Waals surface area (Å²) in [5, 5.41) is 16.4. The van der Waals surface area contributed by atoms with Crippen LogP contribution in [0.5, 0.6) is 11.5 Å². The second-order valence-corrected chi connectivity index (χ2v) is 7.82. The molecule has 0 atom stereocenters. The quantitative estimate of drug-likeness (QED) is 0.350. The van der Waals surface area contributed by atoms with E-state index in [1.54, 1.807) is 24.3 Å². The predicted octanol–water partition coefficient (Wildman–Crippen LogP) is 5.30. The Balaban J connectivity index is 1.49. The number of phenolic OH excluding ortho intramolecular Hbond substituents is 1. The van der Waals surface area contributed by atoms with Gasteiger partial charge in [-0.3, -0.25) is 10.1 Å². The molecule has 0 spiro atoms. The fourth-order valence-electron chi connectivity index (χ4n) is 3.13. The van der Waals surface area contributed by atoms with E-state index < -0.39 is 5.91 Å². The van der Waals surface area contributed by atoms with E-state index in [0.29, 0.717) is 39.0 Å². The third-order valence-electron chi connectivity index (χ3n) is 4.66. The van der Waals surface area contributed by atoms with Gasteiger partial charge in [0.2, 0.25) is 5.89 Å². The summed E-state index contributed by atoms with van der Waals surface area (Å²) in [6.45, 7) is 1.96. The maximum atomic E-state index is 12.5. The molecular weight excluding hydrogens is 450 g/mol. The van der Waals surface area contributed by atoms with Crippen molar-refractivity contribution in [1.29, 1.82) is 0 Å². The number of ether oxygens (including phenoxy) is 1. The fraction of sp³-hybridized carbons (Fsp3) is 0.0870. The molecule has 0 saturated carbocycles. The lowest BCUT2D eigenvalue weighted by molar-refractivity contribution is 0.0974. The molecule has 0 unspecified atom stereocenters. The van der Waals surface area contributed by atoms with Crippen molar-refractivity contribution in [2.24, 2.45) is 0 Å². The first-order chi connectivity index (χ1) is 15.3. The molecule has 0 aliphatic carbocycles. The lowest BCUT2D eigenvalue weighted by Crippen LogP contribution is -2.34. The summed E-state index contributed by atoms with van der Waals surface area (Å²) < 4.78 is 11.0. The van der Waals surface area contributed by atoms with Crippen LogP contribution in [0.2, 0.25) is 5.02 Å². The lowest BCUT2D eigenvalue weighted by atomic mass is 10.1. The standard InChI is InChI=1S/C23H18ClN3O4S/c1-12-3-7-17-20(9-12)31-22(26-17)15-6-5-14(11-18(15)28)25-23(32)27-21(29)16-10-13(24)4-8-19(16)30-2/h3-11,28H,1-2H3,(H2,25,27,29,32). The van der Waals surface area contributed by atoms with Crippen molar-refractivity contribution in [2.45, 2.75) is 6.92 Å². The van der Waals surface area contributed by atoms with Gasteiger partial charge in [0.25, 0.3) is 5.91 Å². The minimum absolute atomic E-state index is 0.0431. The van der Waals surface area contributed by atoms with Gasteiger partial charge in [-0.25, -0.2) is 4.98 Å². The molecular formula is C23H18ClN3O4S. The molecule has 0 fully saturated rings. The molecule has 0 bridgehead atoms. The Morgan fingerprint density at radius 1 is 1.16 bits per heavy atom. The maximum Gasteiger partial charge on any atom is 0.261 e. The monoisotopic (exact) mass is 467 g/mol. The van der Waals surface area contributed by atoms with Gasteiger partial charge in [0, 0.05) is 16.8 Å². The number of phenols is 1. The van der Waals surface area contributed by atoms with Crippen LogP contribution in [0.3, 0.4) is 0 Å². The molecule has 4 aromatic rings. The molecule has 4 rings (SSSR count). The van der Waals surface area contributed by atoms with Crippen LogP contribution < -0.4 is 15.4 Å². The number of aromatic nitrogens is 1. The number of carbonyl (C=O) groups excluding carboxylic acids is 1. The van der Waals surface area contributed by atoms with Crippen molar-refractivity contribution in [3.8, 4) is 23.0 Å². The zero-order valence-electron chi connectivity index (χ0n) is 17.1. The van der Waals surface area contributed by atoms with Gasteiger partial charge in [-0.2, -0.15) is 0 Å². The molecule has 32 heavy (non-hydrogen) atoms. The highest BCUT2D eigenvalue weighted by Gasteiger charge is 2.16. The van der Waals surface area contributed by atoms with Crippen molar-refractivity contribution in [3.05, 3.63) is 70.7 Å². The summed E-state index contributed by atoms with van der Waals surface area (Å²) in [5.74, 6) is 0.136. The second kappa shape index (κ2) is 8.86. The second-order valence-electron chi connectivity index (χ2n) is 6.97. The molecule has 1 aromatic heterocycles. The van der Waals surface area contributed by atoms with E-state index in [1.165, 1.54) is 19.2 Å². The number of anilines is 1. The smallest absolute Gasteiger partial charge is 0.261 e. The Labute approximate surface area is 194 Å². The van der Waals surface area contributed by atoms with E-state index >= 15 is 0 Å². The van der Waals surface area contributed by atoms with E-state index in [9.17, 15) is 9.90 Å². The Morgan fingerprint density at radius 3 is 2.72 bits per heavy atom. The average molecular weight is 468 g/mol. The number of benzene rings is 3. The SMILES string of the molecule is COc1ccc(Cl)cc1C(=O)NC(=S)Nc1ccc(-c2nc3ccc(C)cc3o2)c(O)c1. The van der Waals surface area contributed by atoms with Crippen molar-refractivity contribution in [3.63, 3.8) is 0 Å². The van der Waals surface area contributed by atoms with Gasteiger partial charge in [0.05, 0.1) is 18.2 Å². The number of fused-ring (bicyclic) bond motifs is 1. The molecule has 0 aliphatic heterocycles. The molecule has 1 amide bonds. The molecule has 3 N–H and O–H groups in total. The first kappa shape index (κ1) is 21.6. The van der Waals surface area contributed by atoms with Gasteiger partial charge in [-0.15, -0.1) is 0 Å². The van der Waals surface area contributed by atoms with E-state index in [-0.39, 0.29) is 16.4 Å². The van der Waals surface area contributed by atoms with Crippen LogP contribution in [0.15, 0.2) is 59.0 Å². The van der Waals surface area contributed by atoms with Gasteiger partial charge < -0.3 is 19.6 Å². The van der Waals surface area contributed by atoms with E-state index in [2.05, 4.69) is 15.6 Å². The van der Waals surface area contributed by atoms with Crippen molar-refractivity contribution < 1.29 is 19.1 Å². The normalized spacial score (nSPS) is 10.7. The molecule has 9 heteroatoms. The highest BCUT2D eigenvalue weighted by molar-refractivity contribution is 7.80. The number of hydrogen-bond donors (Lipinski definition) is 3. The number of halogens is 1. The number of hydrogen-bond acceptors (Lipinski definition) is 6. The molecule has 162 valence electrons.